The van der Waals surface area contributed by atoms with Gasteiger partial charge in [0.25, 0.3) is 0 Å². The molecule has 1 aliphatic carbocycles. The van der Waals surface area contributed by atoms with Crippen LogP contribution < -0.4 is 0 Å². The minimum Gasteiger partial charge on any atom is -0.293 e. The maximum atomic E-state index is 4.70. The maximum Gasteiger partial charge on any atom is 0.0556 e. The van der Waals surface area contributed by atoms with Gasteiger partial charge in [0.2, 0.25) is 0 Å². The molecule has 0 heterocycles. The van der Waals surface area contributed by atoms with E-state index in [4.69, 9.17) is 4.99 Å². The highest BCUT2D eigenvalue weighted by atomic mass is 14.9. The largest absolute Gasteiger partial charge is 0.293 e. The van der Waals surface area contributed by atoms with Crippen LogP contribution in [-0.4, -0.2) is 12.3 Å². The standard InChI is InChI=1S/C14H25N/c1-6-8-11(3)12(4)10-15-13-9-14(13,5)7-2/h6,8,10-13H,7,9H2,1-5H3/b8-6-,15-10?/t11?,12?,13?,14-/m0/s1. The number of rotatable bonds is 5. The van der Waals surface area contributed by atoms with Crippen LogP contribution in [0.1, 0.15) is 47.5 Å². The molecule has 0 bridgehead atoms. The van der Waals surface area contributed by atoms with Gasteiger partial charge in [0.15, 0.2) is 0 Å². The molecule has 0 aromatic rings. The van der Waals surface area contributed by atoms with Crippen LogP contribution >= 0.6 is 0 Å². The minimum absolute atomic E-state index is 0.514. The lowest BCUT2D eigenvalue weighted by Gasteiger charge is -2.11. The predicted octanol–water partition coefficient (Wildman–Crippen LogP) is 4.09. The van der Waals surface area contributed by atoms with Crippen LogP contribution in [0.3, 0.4) is 0 Å². The Morgan fingerprint density at radius 3 is 2.53 bits per heavy atom. The van der Waals surface area contributed by atoms with Gasteiger partial charge in [-0.25, -0.2) is 0 Å². The number of hydrogen-bond donors (Lipinski definition) is 0. The minimum atomic E-state index is 0.514. The quantitative estimate of drug-likeness (QED) is 0.475. The maximum absolute atomic E-state index is 4.70. The van der Waals surface area contributed by atoms with Crippen molar-refractivity contribution in [2.24, 2.45) is 22.2 Å². The highest BCUT2D eigenvalue weighted by molar-refractivity contribution is 5.61. The Kier molecular flexibility index (Phi) is 4.12. The molecule has 1 rings (SSSR count). The molecule has 0 spiro atoms. The summed E-state index contributed by atoms with van der Waals surface area (Å²) in [6.45, 7) is 11.2. The molecule has 1 fully saturated rings. The molecular formula is C14H25N. The molecule has 86 valence electrons. The lowest BCUT2D eigenvalue weighted by Crippen LogP contribution is -2.08. The topological polar surface area (TPSA) is 12.4 Å². The van der Waals surface area contributed by atoms with E-state index in [1.54, 1.807) is 0 Å². The van der Waals surface area contributed by atoms with Crippen molar-refractivity contribution in [2.45, 2.75) is 53.5 Å². The average molecular weight is 207 g/mol. The van der Waals surface area contributed by atoms with Crippen molar-refractivity contribution in [3.05, 3.63) is 12.2 Å². The molecule has 1 aliphatic rings. The Morgan fingerprint density at radius 1 is 1.40 bits per heavy atom. The second kappa shape index (κ2) is 4.96. The van der Waals surface area contributed by atoms with Crippen molar-refractivity contribution >= 4 is 6.21 Å². The van der Waals surface area contributed by atoms with Crippen LogP contribution in [0.5, 0.6) is 0 Å². The summed E-state index contributed by atoms with van der Waals surface area (Å²) < 4.78 is 0. The van der Waals surface area contributed by atoms with E-state index in [-0.39, 0.29) is 0 Å². The third kappa shape index (κ3) is 3.19. The second-order valence-corrected chi connectivity index (χ2v) is 5.27. The molecule has 0 N–H and O–H groups in total. The first-order valence-corrected chi connectivity index (χ1v) is 6.19. The van der Waals surface area contributed by atoms with E-state index in [1.807, 2.05) is 0 Å². The number of nitrogens with zero attached hydrogens (tertiary/aromatic N) is 1. The van der Waals surface area contributed by atoms with E-state index >= 15 is 0 Å². The van der Waals surface area contributed by atoms with Gasteiger partial charge in [0, 0.05) is 6.21 Å². The number of hydrogen-bond acceptors (Lipinski definition) is 1. The van der Waals surface area contributed by atoms with Crippen LogP contribution in [0.15, 0.2) is 17.1 Å². The molecule has 0 aliphatic heterocycles. The van der Waals surface area contributed by atoms with Gasteiger partial charge >= 0.3 is 0 Å². The number of allylic oxidation sites excluding steroid dienone is 2. The zero-order valence-corrected chi connectivity index (χ0v) is 10.8. The summed E-state index contributed by atoms with van der Waals surface area (Å²) in [7, 11) is 0. The van der Waals surface area contributed by atoms with Crippen molar-refractivity contribution in [3.63, 3.8) is 0 Å². The van der Waals surface area contributed by atoms with Crippen molar-refractivity contribution in [1.29, 1.82) is 0 Å². The highest BCUT2D eigenvalue weighted by Crippen LogP contribution is 2.50. The molecule has 1 saturated carbocycles. The van der Waals surface area contributed by atoms with Gasteiger partial charge in [0.1, 0.15) is 0 Å². The monoisotopic (exact) mass is 207 g/mol. The fourth-order valence-corrected chi connectivity index (χ4v) is 1.85. The van der Waals surface area contributed by atoms with E-state index < -0.39 is 0 Å². The fourth-order valence-electron chi connectivity index (χ4n) is 1.85. The third-order valence-corrected chi connectivity index (χ3v) is 3.94. The van der Waals surface area contributed by atoms with Gasteiger partial charge in [0.05, 0.1) is 6.04 Å². The van der Waals surface area contributed by atoms with Gasteiger partial charge in [-0.1, -0.05) is 39.8 Å². The second-order valence-electron chi connectivity index (χ2n) is 5.27. The predicted molar refractivity (Wildman–Crippen MR) is 68.4 cm³/mol. The van der Waals surface area contributed by atoms with Gasteiger partial charge < -0.3 is 0 Å². The SMILES string of the molecule is C/C=C\C(C)C(C)C=NC1C[C@]1(C)CC. The Labute approximate surface area is 94.7 Å². The van der Waals surface area contributed by atoms with Crippen LogP contribution in [0.25, 0.3) is 0 Å². The Morgan fingerprint density at radius 2 is 2.07 bits per heavy atom. The van der Waals surface area contributed by atoms with Crippen LogP contribution in [0.4, 0.5) is 0 Å². The van der Waals surface area contributed by atoms with Crippen molar-refractivity contribution in [2.75, 3.05) is 0 Å². The lowest BCUT2D eigenvalue weighted by atomic mass is 9.97. The van der Waals surface area contributed by atoms with E-state index in [9.17, 15) is 0 Å². The molecule has 15 heavy (non-hydrogen) atoms. The fraction of sp³-hybridized carbons (Fsp3) is 0.786. The smallest absolute Gasteiger partial charge is 0.0556 e. The normalized spacial score (nSPS) is 34.9. The molecule has 0 amide bonds. The Hall–Kier alpha value is -0.590. The molecule has 4 atom stereocenters. The van der Waals surface area contributed by atoms with Gasteiger partial charge in [-0.15, -0.1) is 0 Å². The zero-order chi connectivity index (χ0) is 11.5. The third-order valence-electron chi connectivity index (χ3n) is 3.94. The van der Waals surface area contributed by atoms with Crippen molar-refractivity contribution < 1.29 is 0 Å². The first-order valence-electron chi connectivity index (χ1n) is 6.19. The van der Waals surface area contributed by atoms with E-state index in [0.29, 0.717) is 23.3 Å². The molecule has 0 aromatic heterocycles. The number of aliphatic imine (C=N–C) groups is 1. The molecular weight excluding hydrogens is 182 g/mol. The molecule has 0 saturated heterocycles. The first kappa shape index (κ1) is 12.5. The summed E-state index contributed by atoms with van der Waals surface area (Å²) in [5.41, 5.74) is 0.514. The van der Waals surface area contributed by atoms with Crippen molar-refractivity contribution in [3.8, 4) is 0 Å². The molecule has 0 aromatic carbocycles. The van der Waals surface area contributed by atoms with Crippen LogP contribution in [0, 0.1) is 17.3 Å². The van der Waals surface area contributed by atoms with Crippen LogP contribution in [-0.2, 0) is 0 Å². The van der Waals surface area contributed by atoms with Gasteiger partial charge in [-0.05, 0) is 37.0 Å². The summed E-state index contributed by atoms with van der Waals surface area (Å²) in [6, 6.07) is 0.600. The summed E-state index contributed by atoms with van der Waals surface area (Å²) >= 11 is 0. The van der Waals surface area contributed by atoms with Gasteiger partial charge in [-0.2, -0.15) is 0 Å². The van der Waals surface area contributed by atoms with Crippen molar-refractivity contribution in [1.82, 2.24) is 0 Å². The Balaban J connectivity index is 2.39. The highest BCUT2D eigenvalue weighted by Gasteiger charge is 2.48. The molecule has 1 nitrogen and oxygen atoms in total. The molecule has 3 unspecified atom stereocenters. The average Bonchev–Trinajstić information content (AvgIpc) is 2.87. The zero-order valence-electron chi connectivity index (χ0n) is 10.8. The van der Waals surface area contributed by atoms with Gasteiger partial charge in [-0.3, -0.25) is 4.99 Å². The summed E-state index contributed by atoms with van der Waals surface area (Å²) in [5, 5.41) is 0. The Bertz CT molecular complexity index is 254. The van der Waals surface area contributed by atoms with E-state index in [0.717, 1.165) is 0 Å². The molecule has 1 heteroatoms. The van der Waals surface area contributed by atoms with Crippen LogP contribution in [0.2, 0.25) is 0 Å². The lowest BCUT2D eigenvalue weighted by molar-refractivity contribution is 0.524. The van der Waals surface area contributed by atoms with E-state index in [2.05, 4.69) is 53.0 Å². The summed E-state index contributed by atoms with van der Waals surface area (Å²) in [4.78, 5) is 4.70. The molecule has 0 radical (unpaired) electrons. The summed E-state index contributed by atoms with van der Waals surface area (Å²) in [6.07, 6.45) is 9.08. The van der Waals surface area contributed by atoms with E-state index in [1.165, 1.54) is 12.8 Å². The summed E-state index contributed by atoms with van der Waals surface area (Å²) in [5.74, 6) is 1.16. The first-order chi connectivity index (χ1) is 7.03.